The van der Waals surface area contributed by atoms with Crippen LogP contribution >= 0.6 is 23.2 Å². The number of piperazine rings is 1. The SMILES string of the molecule is CN1CCN(c2ccccc2C=NNc2cc(Cl)ccc2Cl)CC1. The molecule has 24 heavy (non-hydrogen) atoms. The molecule has 0 aromatic heterocycles. The maximum absolute atomic E-state index is 6.14. The van der Waals surface area contributed by atoms with Crippen LogP contribution < -0.4 is 10.3 Å². The summed E-state index contributed by atoms with van der Waals surface area (Å²) in [5, 5.41) is 5.54. The Kier molecular flexibility index (Phi) is 5.61. The summed E-state index contributed by atoms with van der Waals surface area (Å²) in [4.78, 5) is 4.74. The summed E-state index contributed by atoms with van der Waals surface area (Å²) in [5.41, 5.74) is 5.94. The molecule has 1 fully saturated rings. The molecule has 126 valence electrons. The average molecular weight is 363 g/mol. The Balaban J connectivity index is 1.74. The smallest absolute Gasteiger partial charge is 0.0762 e. The van der Waals surface area contributed by atoms with Gasteiger partial charge in [0.15, 0.2) is 0 Å². The van der Waals surface area contributed by atoms with E-state index < -0.39 is 0 Å². The Hall–Kier alpha value is -1.75. The van der Waals surface area contributed by atoms with Crippen molar-refractivity contribution in [3.63, 3.8) is 0 Å². The molecule has 0 aliphatic carbocycles. The Morgan fingerprint density at radius 1 is 1.04 bits per heavy atom. The van der Waals surface area contributed by atoms with E-state index in [9.17, 15) is 0 Å². The van der Waals surface area contributed by atoms with E-state index in [1.165, 1.54) is 5.69 Å². The van der Waals surface area contributed by atoms with Gasteiger partial charge in [-0.2, -0.15) is 5.10 Å². The molecular weight excluding hydrogens is 343 g/mol. The second-order valence-electron chi connectivity index (χ2n) is 5.84. The molecule has 0 spiro atoms. The van der Waals surface area contributed by atoms with Crippen LogP contribution in [-0.2, 0) is 0 Å². The van der Waals surface area contributed by atoms with Crippen molar-refractivity contribution in [3.05, 3.63) is 58.1 Å². The first-order valence-corrected chi connectivity index (χ1v) is 8.66. The van der Waals surface area contributed by atoms with Gasteiger partial charge in [-0.1, -0.05) is 41.4 Å². The maximum atomic E-state index is 6.14. The van der Waals surface area contributed by atoms with Crippen LogP contribution in [0.2, 0.25) is 10.0 Å². The van der Waals surface area contributed by atoms with Crippen molar-refractivity contribution in [2.75, 3.05) is 43.6 Å². The van der Waals surface area contributed by atoms with E-state index in [-0.39, 0.29) is 0 Å². The minimum atomic E-state index is 0.587. The summed E-state index contributed by atoms with van der Waals surface area (Å²) in [7, 11) is 2.16. The molecule has 1 aliphatic rings. The predicted octanol–water partition coefficient (Wildman–Crippen LogP) is 4.19. The van der Waals surface area contributed by atoms with E-state index in [4.69, 9.17) is 23.2 Å². The van der Waals surface area contributed by atoms with Gasteiger partial charge in [0.05, 0.1) is 16.9 Å². The molecule has 1 aliphatic heterocycles. The molecule has 1 saturated heterocycles. The van der Waals surface area contributed by atoms with E-state index in [0.29, 0.717) is 15.7 Å². The van der Waals surface area contributed by atoms with Gasteiger partial charge in [-0.05, 0) is 31.3 Å². The van der Waals surface area contributed by atoms with Crippen LogP contribution in [0.15, 0.2) is 47.6 Å². The predicted molar refractivity (Wildman–Crippen MR) is 104 cm³/mol. The number of benzene rings is 2. The van der Waals surface area contributed by atoms with Gasteiger partial charge < -0.3 is 9.80 Å². The number of nitrogens with one attached hydrogen (secondary N) is 1. The highest BCUT2D eigenvalue weighted by Gasteiger charge is 2.15. The zero-order valence-electron chi connectivity index (χ0n) is 13.5. The zero-order chi connectivity index (χ0) is 16.9. The highest BCUT2D eigenvalue weighted by molar-refractivity contribution is 6.35. The number of hydrogen-bond acceptors (Lipinski definition) is 4. The topological polar surface area (TPSA) is 30.9 Å². The van der Waals surface area contributed by atoms with Crippen molar-refractivity contribution in [2.45, 2.75) is 0 Å². The molecule has 0 amide bonds. The van der Waals surface area contributed by atoms with Gasteiger partial charge >= 0.3 is 0 Å². The Labute approximate surface area is 152 Å². The normalized spacial score (nSPS) is 15.9. The lowest BCUT2D eigenvalue weighted by atomic mass is 10.1. The van der Waals surface area contributed by atoms with E-state index in [0.717, 1.165) is 31.7 Å². The second kappa shape index (κ2) is 7.88. The molecule has 1 N–H and O–H groups in total. The van der Waals surface area contributed by atoms with E-state index in [1.54, 1.807) is 18.2 Å². The summed E-state index contributed by atoms with van der Waals surface area (Å²) in [6.45, 7) is 4.19. The van der Waals surface area contributed by atoms with Crippen LogP contribution in [0.25, 0.3) is 0 Å². The third-order valence-electron chi connectivity index (χ3n) is 4.10. The van der Waals surface area contributed by atoms with E-state index in [1.807, 2.05) is 12.3 Å². The fourth-order valence-corrected chi connectivity index (χ4v) is 3.02. The Morgan fingerprint density at radius 3 is 2.58 bits per heavy atom. The summed E-state index contributed by atoms with van der Waals surface area (Å²) in [6, 6.07) is 13.5. The first-order valence-electron chi connectivity index (χ1n) is 7.90. The number of likely N-dealkylation sites (N-methyl/N-ethyl adjacent to an activating group) is 1. The molecule has 2 aromatic carbocycles. The summed E-state index contributed by atoms with van der Waals surface area (Å²) in [5.74, 6) is 0. The lowest BCUT2D eigenvalue weighted by Crippen LogP contribution is -2.44. The van der Waals surface area contributed by atoms with Gasteiger partial charge in [0.2, 0.25) is 0 Å². The van der Waals surface area contributed by atoms with Crippen molar-refractivity contribution in [1.82, 2.24) is 4.90 Å². The number of hydrogen-bond donors (Lipinski definition) is 1. The highest BCUT2D eigenvalue weighted by Crippen LogP contribution is 2.25. The Morgan fingerprint density at radius 2 is 1.79 bits per heavy atom. The van der Waals surface area contributed by atoms with Crippen LogP contribution in [-0.4, -0.2) is 44.3 Å². The fraction of sp³-hybridized carbons (Fsp3) is 0.278. The molecule has 2 aromatic rings. The van der Waals surface area contributed by atoms with Crippen LogP contribution in [0, 0.1) is 0 Å². The number of anilines is 2. The first-order chi connectivity index (χ1) is 11.6. The van der Waals surface area contributed by atoms with Crippen LogP contribution in [0.5, 0.6) is 0 Å². The zero-order valence-corrected chi connectivity index (χ0v) is 15.1. The minimum Gasteiger partial charge on any atom is -0.368 e. The molecule has 0 saturated carbocycles. The molecule has 6 heteroatoms. The standard InChI is InChI=1S/C18H20Cl2N4/c1-23-8-10-24(11-9-23)18-5-3-2-4-14(18)13-21-22-17-12-15(19)6-7-16(17)20/h2-7,12-13,22H,8-11H2,1H3. The lowest BCUT2D eigenvalue weighted by molar-refractivity contribution is 0.313. The molecular formula is C18H20Cl2N4. The molecule has 0 radical (unpaired) electrons. The fourth-order valence-electron chi connectivity index (χ4n) is 2.69. The van der Waals surface area contributed by atoms with Crippen molar-refractivity contribution in [3.8, 4) is 0 Å². The first kappa shape index (κ1) is 17.1. The molecule has 0 bridgehead atoms. The van der Waals surface area contributed by atoms with Crippen molar-refractivity contribution >= 4 is 40.8 Å². The van der Waals surface area contributed by atoms with Crippen molar-refractivity contribution in [1.29, 1.82) is 0 Å². The molecule has 0 unspecified atom stereocenters. The van der Waals surface area contributed by atoms with Crippen LogP contribution in [0.1, 0.15) is 5.56 Å². The van der Waals surface area contributed by atoms with Crippen LogP contribution in [0.4, 0.5) is 11.4 Å². The number of rotatable bonds is 4. The van der Waals surface area contributed by atoms with Gasteiger partial charge in [-0.15, -0.1) is 0 Å². The van der Waals surface area contributed by atoms with Gasteiger partial charge in [-0.3, -0.25) is 5.43 Å². The molecule has 4 nitrogen and oxygen atoms in total. The van der Waals surface area contributed by atoms with Gasteiger partial charge in [0.1, 0.15) is 0 Å². The number of halogens is 2. The quantitative estimate of drug-likeness (QED) is 0.653. The van der Waals surface area contributed by atoms with E-state index in [2.05, 4.69) is 45.6 Å². The molecule has 1 heterocycles. The summed E-state index contributed by atoms with van der Waals surface area (Å²) < 4.78 is 0. The number of nitrogens with zero attached hydrogens (tertiary/aromatic N) is 3. The lowest BCUT2D eigenvalue weighted by Gasteiger charge is -2.34. The highest BCUT2D eigenvalue weighted by atomic mass is 35.5. The van der Waals surface area contributed by atoms with Gasteiger partial charge in [0, 0.05) is 42.5 Å². The molecule has 3 rings (SSSR count). The third kappa shape index (κ3) is 4.20. The van der Waals surface area contributed by atoms with Gasteiger partial charge in [-0.25, -0.2) is 0 Å². The Bertz CT molecular complexity index is 725. The summed E-state index contributed by atoms with van der Waals surface area (Å²) in [6.07, 6.45) is 1.82. The average Bonchev–Trinajstić information content (AvgIpc) is 2.59. The number of para-hydroxylation sites is 1. The minimum absolute atomic E-state index is 0.587. The molecule has 0 atom stereocenters. The van der Waals surface area contributed by atoms with Crippen molar-refractivity contribution in [2.24, 2.45) is 5.10 Å². The van der Waals surface area contributed by atoms with Gasteiger partial charge in [0.25, 0.3) is 0 Å². The van der Waals surface area contributed by atoms with E-state index >= 15 is 0 Å². The van der Waals surface area contributed by atoms with Crippen LogP contribution in [0.3, 0.4) is 0 Å². The number of hydrazone groups is 1. The maximum Gasteiger partial charge on any atom is 0.0762 e. The monoisotopic (exact) mass is 362 g/mol. The summed E-state index contributed by atoms with van der Waals surface area (Å²) >= 11 is 12.1. The van der Waals surface area contributed by atoms with Crippen molar-refractivity contribution < 1.29 is 0 Å². The second-order valence-corrected chi connectivity index (χ2v) is 6.69. The third-order valence-corrected chi connectivity index (χ3v) is 4.66. The largest absolute Gasteiger partial charge is 0.368 e.